The highest BCUT2D eigenvalue weighted by Crippen LogP contribution is 2.39. The van der Waals surface area contributed by atoms with Gasteiger partial charge in [-0.3, -0.25) is 9.59 Å². The van der Waals surface area contributed by atoms with Crippen molar-refractivity contribution in [3.63, 3.8) is 0 Å². The van der Waals surface area contributed by atoms with Gasteiger partial charge >= 0.3 is 0 Å². The summed E-state index contributed by atoms with van der Waals surface area (Å²) in [7, 11) is 0. The molecule has 1 N–H and O–H groups in total. The van der Waals surface area contributed by atoms with Gasteiger partial charge in [0.2, 0.25) is 11.8 Å². The molecular weight excluding hydrogens is 252 g/mol. The number of rotatable bonds is 1. The summed E-state index contributed by atoms with van der Waals surface area (Å²) in [6.07, 6.45) is 6.51. The quantitative estimate of drug-likeness (QED) is 0.798. The maximum absolute atomic E-state index is 13.1. The van der Waals surface area contributed by atoms with E-state index in [1.165, 1.54) is 6.42 Å². The molecule has 0 radical (unpaired) electrons. The van der Waals surface area contributed by atoms with E-state index in [4.69, 9.17) is 0 Å². The van der Waals surface area contributed by atoms with Crippen LogP contribution in [0, 0.1) is 11.8 Å². The van der Waals surface area contributed by atoms with E-state index in [-0.39, 0.29) is 11.8 Å². The third-order valence-electron chi connectivity index (χ3n) is 5.91. The molecule has 3 aliphatic rings. The van der Waals surface area contributed by atoms with E-state index >= 15 is 0 Å². The van der Waals surface area contributed by atoms with E-state index in [0.29, 0.717) is 30.8 Å². The summed E-state index contributed by atoms with van der Waals surface area (Å²) < 4.78 is 0. The zero-order valence-electron chi connectivity index (χ0n) is 12.7. The third-order valence-corrected chi connectivity index (χ3v) is 5.91. The van der Waals surface area contributed by atoms with Gasteiger partial charge in [-0.2, -0.15) is 0 Å². The van der Waals surface area contributed by atoms with Gasteiger partial charge in [0.1, 0.15) is 5.54 Å². The first-order valence-corrected chi connectivity index (χ1v) is 8.15. The van der Waals surface area contributed by atoms with Gasteiger partial charge < -0.3 is 10.2 Å². The number of carbonyl (C=O) groups excluding carboxylic acids is 2. The predicted molar refractivity (Wildman–Crippen MR) is 77.0 cm³/mol. The average Bonchev–Trinajstić information content (AvgIpc) is 2.98. The number of hydrogen-bond acceptors (Lipinski definition) is 2. The second-order valence-electron chi connectivity index (χ2n) is 7.07. The molecule has 4 heteroatoms. The van der Waals surface area contributed by atoms with Crippen LogP contribution in [0.2, 0.25) is 0 Å². The third kappa shape index (κ3) is 2.13. The molecule has 1 saturated heterocycles. The summed E-state index contributed by atoms with van der Waals surface area (Å²) in [5.41, 5.74) is -0.570. The lowest BCUT2D eigenvalue weighted by molar-refractivity contribution is -0.141. The lowest BCUT2D eigenvalue weighted by Crippen LogP contribution is -2.57. The molecule has 0 bridgehead atoms. The number of nitrogens with zero attached hydrogens (tertiary/aromatic N) is 1. The van der Waals surface area contributed by atoms with Crippen LogP contribution in [-0.2, 0) is 9.59 Å². The van der Waals surface area contributed by atoms with Crippen molar-refractivity contribution < 1.29 is 9.59 Å². The van der Waals surface area contributed by atoms with E-state index in [0.717, 1.165) is 32.1 Å². The summed E-state index contributed by atoms with van der Waals surface area (Å²) in [5.74, 6) is 1.48. The molecule has 4 nitrogen and oxygen atoms in total. The Morgan fingerprint density at radius 3 is 2.45 bits per heavy atom. The molecule has 3 fully saturated rings. The summed E-state index contributed by atoms with van der Waals surface area (Å²) >= 11 is 0. The van der Waals surface area contributed by atoms with Crippen molar-refractivity contribution in [3.05, 3.63) is 0 Å². The summed E-state index contributed by atoms with van der Waals surface area (Å²) in [6.45, 7) is 5.15. The molecule has 1 aliphatic heterocycles. The van der Waals surface area contributed by atoms with Crippen LogP contribution in [0.25, 0.3) is 0 Å². The minimum atomic E-state index is -0.570. The summed E-state index contributed by atoms with van der Waals surface area (Å²) in [4.78, 5) is 27.1. The second-order valence-corrected chi connectivity index (χ2v) is 7.07. The lowest BCUT2D eigenvalue weighted by Gasteiger charge is -2.37. The Bertz CT molecular complexity index is 415. The van der Waals surface area contributed by atoms with Crippen LogP contribution in [0.3, 0.4) is 0 Å². The zero-order valence-corrected chi connectivity index (χ0v) is 12.7. The highest BCUT2D eigenvalue weighted by Gasteiger charge is 2.49. The van der Waals surface area contributed by atoms with Crippen molar-refractivity contribution in [1.82, 2.24) is 10.2 Å². The van der Waals surface area contributed by atoms with E-state index < -0.39 is 5.54 Å². The molecular formula is C16H26N2O2. The van der Waals surface area contributed by atoms with Gasteiger partial charge in [-0.05, 0) is 37.5 Å². The lowest BCUT2D eigenvalue weighted by atomic mass is 9.92. The average molecular weight is 278 g/mol. The molecule has 3 unspecified atom stereocenters. The van der Waals surface area contributed by atoms with Crippen LogP contribution in [0.1, 0.15) is 58.8 Å². The molecule has 2 aliphatic carbocycles. The Kier molecular flexibility index (Phi) is 3.51. The molecule has 0 aromatic carbocycles. The Balaban J connectivity index is 1.87. The van der Waals surface area contributed by atoms with Crippen LogP contribution >= 0.6 is 0 Å². The Hall–Kier alpha value is -1.06. The van der Waals surface area contributed by atoms with Gasteiger partial charge in [0.25, 0.3) is 0 Å². The van der Waals surface area contributed by atoms with Crippen LogP contribution in [0.15, 0.2) is 0 Å². The minimum absolute atomic E-state index is 0.0569. The molecule has 0 aromatic rings. The van der Waals surface area contributed by atoms with Crippen LogP contribution in [-0.4, -0.2) is 34.8 Å². The van der Waals surface area contributed by atoms with Crippen LogP contribution < -0.4 is 5.32 Å². The molecule has 2 saturated carbocycles. The van der Waals surface area contributed by atoms with Crippen molar-refractivity contribution in [2.45, 2.75) is 70.4 Å². The van der Waals surface area contributed by atoms with E-state index in [1.807, 2.05) is 0 Å². The standard InChI is InChI=1S/C16H26N2O2/c1-11-5-6-13(12(11)2)18-10-7-14(19)17-16(15(18)20)8-3-4-9-16/h11-13H,3-10H2,1-2H3,(H,17,19). The number of hydrogen-bond donors (Lipinski definition) is 1. The number of nitrogens with one attached hydrogen (secondary N) is 1. The summed E-state index contributed by atoms with van der Waals surface area (Å²) in [6, 6.07) is 0.336. The molecule has 3 atom stereocenters. The second kappa shape index (κ2) is 5.05. The highest BCUT2D eigenvalue weighted by atomic mass is 16.2. The Morgan fingerprint density at radius 2 is 1.85 bits per heavy atom. The van der Waals surface area contributed by atoms with Gasteiger partial charge in [0, 0.05) is 19.0 Å². The maximum Gasteiger partial charge on any atom is 0.248 e. The fourth-order valence-electron chi connectivity index (χ4n) is 4.39. The number of carbonyl (C=O) groups is 2. The minimum Gasteiger partial charge on any atom is -0.342 e. The maximum atomic E-state index is 13.1. The molecule has 2 amide bonds. The van der Waals surface area contributed by atoms with Gasteiger partial charge in [-0.1, -0.05) is 26.7 Å². The van der Waals surface area contributed by atoms with Crippen molar-refractivity contribution in [2.75, 3.05) is 6.54 Å². The van der Waals surface area contributed by atoms with Gasteiger partial charge in [0.15, 0.2) is 0 Å². The van der Waals surface area contributed by atoms with E-state index in [1.54, 1.807) is 0 Å². The molecule has 112 valence electrons. The molecule has 20 heavy (non-hydrogen) atoms. The number of amides is 2. The van der Waals surface area contributed by atoms with Gasteiger partial charge in [-0.15, -0.1) is 0 Å². The molecule has 3 rings (SSSR count). The van der Waals surface area contributed by atoms with Crippen molar-refractivity contribution >= 4 is 11.8 Å². The zero-order chi connectivity index (χ0) is 14.3. The van der Waals surface area contributed by atoms with Gasteiger partial charge in [0.05, 0.1) is 0 Å². The molecule has 0 aromatic heterocycles. The van der Waals surface area contributed by atoms with Crippen LogP contribution in [0.5, 0.6) is 0 Å². The van der Waals surface area contributed by atoms with Crippen molar-refractivity contribution in [2.24, 2.45) is 11.8 Å². The first-order chi connectivity index (χ1) is 9.53. The van der Waals surface area contributed by atoms with E-state index in [2.05, 4.69) is 24.1 Å². The highest BCUT2D eigenvalue weighted by molar-refractivity contribution is 5.94. The Labute approximate surface area is 121 Å². The molecule has 1 spiro atoms. The van der Waals surface area contributed by atoms with E-state index in [9.17, 15) is 9.59 Å². The fraction of sp³-hybridized carbons (Fsp3) is 0.875. The van der Waals surface area contributed by atoms with Crippen LogP contribution in [0.4, 0.5) is 0 Å². The topological polar surface area (TPSA) is 49.4 Å². The molecule has 1 heterocycles. The summed E-state index contributed by atoms with van der Waals surface area (Å²) in [5, 5.41) is 3.05. The first kappa shape index (κ1) is 13.9. The smallest absolute Gasteiger partial charge is 0.248 e. The first-order valence-electron chi connectivity index (χ1n) is 8.15. The largest absolute Gasteiger partial charge is 0.342 e. The van der Waals surface area contributed by atoms with Crippen molar-refractivity contribution in [1.29, 1.82) is 0 Å². The monoisotopic (exact) mass is 278 g/mol. The van der Waals surface area contributed by atoms with Crippen molar-refractivity contribution in [3.8, 4) is 0 Å². The predicted octanol–water partition coefficient (Wildman–Crippen LogP) is 2.08. The fourth-order valence-corrected chi connectivity index (χ4v) is 4.39. The normalized spacial score (nSPS) is 37.3. The Morgan fingerprint density at radius 1 is 1.15 bits per heavy atom. The van der Waals surface area contributed by atoms with Gasteiger partial charge in [-0.25, -0.2) is 0 Å². The SMILES string of the molecule is CC1CCC(N2CCC(=O)NC3(CCCC3)C2=O)C1C.